The lowest BCUT2D eigenvalue weighted by Crippen LogP contribution is -2.45. The Labute approximate surface area is 107 Å². The maximum absolute atomic E-state index is 11.7. The molecule has 0 fully saturated rings. The zero-order chi connectivity index (χ0) is 14.4. The molecular weight excluding hydrogens is 258 g/mol. The highest BCUT2D eigenvalue weighted by molar-refractivity contribution is 5.83. The summed E-state index contributed by atoms with van der Waals surface area (Å²) in [5, 5.41) is 26.9. The van der Waals surface area contributed by atoms with Gasteiger partial charge in [-0.15, -0.1) is 10.2 Å². The Morgan fingerprint density at radius 2 is 1.89 bits per heavy atom. The summed E-state index contributed by atoms with van der Waals surface area (Å²) in [6.07, 6.45) is 1.44. The van der Waals surface area contributed by atoms with Crippen molar-refractivity contribution in [2.45, 2.75) is 6.54 Å². The van der Waals surface area contributed by atoms with E-state index < -0.39 is 31.1 Å². The molecule has 0 aromatic carbocycles. The Kier molecular flexibility index (Phi) is 4.80. The lowest BCUT2D eigenvalue weighted by Gasteiger charge is -2.18. The molecular formula is C9H13N5O5. The molecule has 104 valence electrons. The topological polar surface area (TPSA) is 138 Å². The monoisotopic (exact) mass is 271 g/mol. The van der Waals surface area contributed by atoms with Crippen LogP contribution in [-0.4, -0.2) is 60.9 Å². The highest BCUT2D eigenvalue weighted by Gasteiger charge is 2.19. The summed E-state index contributed by atoms with van der Waals surface area (Å²) < 4.78 is 1.57. The predicted molar refractivity (Wildman–Crippen MR) is 60.1 cm³/mol. The molecule has 3 N–H and O–H groups in total. The lowest BCUT2D eigenvalue weighted by molar-refractivity contribution is -0.140. The van der Waals surface area contributed by atoms with Crippen LogP contribution in [0.25, 0.3) is 0 Å². The van der Waals surface area contributed by atoms with Gasteiger partial charge in [-0.05, 0) is 0 Å². The zero-order valence-electron chi connectivity index (χ0n) is 10.1. The van der Waals surface area contributed by atoms with Crippen molar-refractivity contribution in [3.8, 4) is 0 Å². The normalized spacial score (nSPS) is 9.95. The van der Waals surface area contributed by atoms with E-state index in [2.05, 4.69) is 15.5 Å². The van der Waals surface area contributed by atoms with Crippen LogP contribution in [0.4, 0.5) is 4.79 Å². The van der Waals surface area contributed by atoms with Gasteiger partial charge in [0.25, 0.3) is 0 Å². The Morgan fingerprint density at radius 3 is 2.32 bits per heavy atom. The number of carboxylic acids is 2. The molecule has 0 aliphatic carbocycles. The highest BCUT2D eigenvalue weighted by atomic mass is 16.4. The van der Waals surface area contributed by atoms with Crippen LogP contribution in [0.3, 0.4) is 0 Å². The van der Waals surface area contributed by atoms with Crippen molar-refractivity contribution < 1.29 is 24.6 Å². The first-order valence-corrected chi connectivity index (χ1v) is 5.19. The highest BCUT2D eigenvalue weighted by Crippen LogP contribution is 1.94. The number of hydrogen-bond acceptors (Lipinski definition) is 5. The minimum absolute atomic E-state index is 0.0189. The second kappa shape index (κ2) is 6.33. The third kappa shape index (κ3) is 4.61. The Morgan fingerprint density at radius 1 is 1.32 bits per heavy atom. The second-order valence-electron chi connectivity index (χ2n) is 3.66. The predicted octanol–water partition coefficient (Wildman–Crippen LogP) is -1.50. The molecule has 0 aliphatic heterocycles. The van der Waals surface area contributed by atoms with Crippen LogP contribution in [0.2, 0.25) is 0 Å². The van der Waals surface area contributed by atoms with Gasteiger partial charge < -0.3 is 25.0 Å². The van der Waals surface area contributed by atoms with E-state index >= 15 is 0 Å². The summed E-state index contributed by atoms with van der Waals surface area (Å²) >= 11 is 0. The van der Waals surface area contributed by atoms with Crippen LogP contribution in [0.15, 0.2) is 6.33 Å². The molecule has 0 saturated carbocycles. The van der Waals surface area contributed by atoms with E-state index in [4.69, 9.17) is 10.2 Å². The Balaban J connectivity index is 2.58. The number of urea groups is 1. The van der Waals surface area contributed by atoms with Crippen molar-refractivity contribution >= 4 is 18.0 Å². The zero-order valence-corrected chi connectivity index (χ0v) is 10.1. The van der Waals surface area contributed by atoms with Crippen LogP contribution >= 0.6 is 0 Å². The summed E-state index contributed by atoms with van der Waals surface area (Å²) in [5.74, 6) is -2.14. The largest absolute Gasteiger partial charge is 0.480 e. The first-order valence-electron chi connectivity index (χ1n) is 5.19. The number of nitrogens with one attached hydrogen (secondary N) is 1. The van der Waals surface area contributed by atoms with Gasteiger partial charge in [-0.3, -0.25) is 9.59 Å². The quantitative estimate of drug-likeness (QED) is 0.572. The van der Waals surface area contributed by atoms with E-state index in [1.807, 2.05) is 0 Å². The molecule has 0 radical (unpaired) electrons. The van der Waals surface area contributed by atoms with Gasteiger partial charge in [0.05, 0.1) is 6.54 Å². The van der Waals surface area contributed by atoms with Crippen LogP contribution in [0.5, 0.6) is 0 Å². The molecule has 0 atom stereocenters. The molecule has 0 bridgehead atoms. The van der Waals surface area contributed by atoms with Crippen LogP contribution < -0.4 is 5.32 Å². The molecule has 10 nitrogen and oxygen atoms in total. The van der Waals surface area contributed by atoms with E-state index in [9.17, 15) is 14.4 Å². The van der Waals surface area contributed by atoms with E-state index in [0.29, 0.717) is 10.7 Å². The molecule has 0 aliphatic rings. The van der Waals surface area contributed by atoms with Gasteiger partial charge in [0.2, 0.25) is 0 Å². The second-order valence-corrected chi connectivity index (χ2v) is 3.66. The molecule has 1 aromatic heterocycles. The average Bonchev–Trinajstić information content (AvgIpc) is 2.69. The van der Waals surface area contributed by atoms with Crippen LogP contribution in [0, 0.1) is 0 Å². The summed E-state index contributed by atoms with van der Waals surface area (Å²) in [5.41, 5.74) is 0. The molecule has 1 heterocycles. The maximum atomic E-state index is 11.7. The number of aliphatic carboxylic acids is 2. The molecule has 2 amide bonds. The summed E-state index contributed by atoms with van der Waals surface area (Å²) in [4.78, 5) is 33.4. The SMILES string of the molecule is Cn1cnnc1CNC(=O)N(CC(=O)O)CC(=O)O. The summed E-state index contributed by atoms with van der Waals surface area (Å²) in [7, 11) is 1.67. The van der Waals surface area contributed by atoms with E-state index in [1.165, 1.54) is 6.33 Å². The van der Waals surface area contributed by atoms with Crippen molar-refractivity contribution in [1.29, 1.82) is 0 Å². The summed E-state index contributed by atoms with van der Waals surface area (Å²) in [6.45, 7) is -1.38. The van der Waals surface area contributed by atoms with Gasteiger partial charge >= 0.3 is 18.0 Å². The fourth-order valence-electron chi connectivity index (χ4n) is 1.26. The molecule has 0 unspecified atom stereocenters. The molecule has 0 saturated heterocycles. The first kappa shape index (κ1) is 14.4. The standard InChI is InChI=1S/C9H13N5O5/c1-13-5-11-12-6(13)2-10-9(19)14(3-7(15)16)4-8(17)18/h5H,2-4H2,1H3,(H,10,19)(H,15,16)(H,17,18). The number of carbonyl (C=O) groups is 3. The molecule has 1 rings (SSSR count). The van der Waals surface area contributed by atoms with Crippen molar-refractivity contribution in [2.75, 3.05) is 13.1 Å². The number of hydrogen-bond donors (Lipinski definition) is 3. The van der Waals surface area contributed by atoms with Gasteiger partial charge in [0.1, 0.15) is 19.4 Å². The third-order valence-electron chi connectivity index (χ3n) is 2.14. The Bertz CT molecular complexity index is 469. The lowest BCUT2D eigenvalue weighted by atomic mass is 10.5. The number of rotatable bonds is 6. The van der Waals surface area contributed by atoms with E-state index in [-0.39, 0.29) is 6.54 Å². The van der Waals surface area contributed by atoms with Gasteiger partial charge in [-0.1, -0.05) is 0 Å². The third-order valence-corrected chi connectivity index (χ3v) is 2.14. The minimum atomic E-state index is -1.30. The maximum Gasteiger partial charge on any atom is 0.323 e. The fraction of sp³-hybridized carbons (Fsp3) is 0.444. The van der Waals surface area contributed by atoms with Crippen LogP contribution in [-0.2, 0) is 23.2 Å². The van der Waals surface area contributed by atoms with Gasteiger partial charge in [0, 0.05) is 7.05 Å². The number of carbonyl (C=O) groups excluding carboxylic acids is 1. The van der Waals surface area contributed by atoms with Crippen molar-refractivity contribution in [3.05, 3.63) is 12.2 Å². The van der Waals surface area contributed by atoms with Crippen molar-refractivity contribution in [1.82, 2.24) is 25.0 Å². The van der Waals surface area contributed by atoms with Gasteiger partial charge in [-0.2, -0.15) is 0 Å². The van der Waals surface area contributed by atoms with E-state index in [0.717, 1.165) is 0 Å². The fourth-order valence-corrected chi connectivity index (χ4v) is 1.26. The molecule has 10 heteroatoms. The van der Waals surface area contributed by atoms with E-state index in [1.54, 1.807) is 11.6 Å². The molecule has 0 spiro atoms. The van der Waals surface area contributed by atoms with Gasteiger partial charge in [-0.25, -0.2) is 4.79 Å². The van der Waals surface area contributed by atoms with Crippen LogP contribution in [0.1, 0.15) is 5.82 Å². The first-order chi connectivity index (χ1) is 8.90. The Hall–Kier alpha value is -2.65. The minimum Gasteiger partial charge on any atom is -0.480 e. The number of amides is 2. The van der Waals surface area contributed by atoms with Crippen molar-refractivity contribution in [3.63, 3.8) is 0 Å². The molecule has 1 aromatic rings. The number of carboxylic acid groups (broad SMARTS) is 2. The van der Waals surface area contributed by atoms with Gasteiger partial charge in [0.15, 0.2) is 5.82 Å². The van der Waals surface area contributed by atoms with Crippen molar-refractivity contribution in [2.24, 2.45) is 7.05 Å². The summed E-state index contributed by atoms with van der Waals surface area (Å²) in [6, 6.07) is -0.798. The average molecular weight is 271 g/mol. The molecule has 19 heavy (non-hydrogen) atoms. The number of nitrogens with zero attached hydrogens (tertiary/aromatic N) is 4. The number of aromatic nitrogens is 3. The number of aryl methyl sites for hydroxylation is 1. The smallest absolute Gasteiger partial charge is 0.323 e.